The smallest absolute Gasteiger partial charge is 0.288 e. The normalized spacial score (nSPS) is 22.7. The van der Waals surface area contributed by atoms with Crippen molar-refractivity contribution in [2.24, 2.45) is 0 Å². The minimum absolute atomic E-state index is 0.474. The fraction of sp³-hybridized carbons (Fsp3) is 0.846. The van der Waals surface area contributed by atoms with E-state index in [-0.39, 0.29) is 0 Å². The summed E-state index contributed by atoms with van der Waals surface area (Å²) in [5.41, 5.74) is 0. The van der Waals surface area contributed by atoms with E-state index in [1.54, 1.807) is 0 Å². The molecule has 19 heavy (non-hydrogen) atoms. The molecule has 1 saturated heterocycles. The molecule has 2 heterocycles. The van der Waals surface area contributed by atoms with Crippen molar-refractivity contribution in [2.45, 2.75) is 44.7 Å². The average molecular weight is 283 g/mol. The van der Waals surface area contributed by atoms with Gasteiger partial charge in [0.1, 0.15) is 0 Å². The lowest BCUT2D eigenvalue weighted by atomic mass is 9.89. The van der Waals surface area contributed by atoms with Gasteiger partial charge in [0.2, 0.25) is 5.89 Å². The van der Waals surface area contributed by atoms with Gasteiger partial charge in [-0.25, -0.2) is 4.68 Å². The van der Waals surface area contributed by atoms with Gasteiger partial charge >= 0.3 is 0 Å². The fourth-order valence-corrected chi connectivity index (χ4v) is 3.04. The molecule has 1 aromatic heterocycles. The lowest BCUT2D eigenvalue weighted by Crippen LogP contribution is -2.37. The van der Waals surface area contributed by atoms with Crippen LogP contribution >= 0.6 is 12.2 Å². The van der Waals surface area contributed by atoms with E-state index in [2.05, 4.69) is 10.00 Å². The molecule has 1 aliphatic carbocycles. The average Bonchev–Trinajstić information content (AvgIpc) is 2.82. The highest BCUT2D eigenvalue weighted by atomic mass is 32.1. The second kappa shape index (κ2) is 6.15. The van der Waals surface area contributed by atoms with E-state index in [0.29, 0.717) is 10.8 Å². The van der Waals surface area contributed by atoms with Crippen LogP contribution in [0.4, 0.5) is 0 Å². The second-order valence-electron chi connectivity index (χ2n) is 5.41. The molecule has 0 bridgehead atoms. The van der Waals surface area contributed by atoms with Crippen LogP contribution in [0.25, 0.3) is 0 Å². The standard InChI is InChI=1S/C13H21N3O2S/c19-13-16(10-15-6-8-17-9-7-15)14-12(18-13)11-4-2-1-3-5-11/h11H,1-10H2. The van der Waals surface area contributed by atoms with Gasteiger partial charge in [0.15, 0.2) is 0 Å². The number of hydrogen-bond acceptors (Lipinski definition) is 5. The largest absolute Gasteiger partial charge is 0.414 e. The van der Waals surface area contributed by atoms with Gasteiger partial charge < -0.3 is 9.15 Å². The number of ether oxygens (including phenoxy) is 1. The number of aromatic nitrogens is 2. The molecule has 1 saturated carbocycles. The van der Waals surface area contributed by atoms with Gasteiger partial charge in [0, 0.05) is 19.0 Å². The Hall–Kier alpha value is -0.720. The summed E-state index contributed by atoms with van der Waals surface area (Å²) in [5, 5.41) is 4.59. The molecule has 1 aromatic rings. The molecule has 0 unspecified atom stereocenters. The van der Waals surface area contributed by atoms with E-state index in [4.69, 9.17) is 21.4 Å². The maximum atomic E-state index is 5.70. The lowest BCUT2D eigenvalue weighted by molar-refractivity contribution is 0.0206. The van der Waals surface area contributed by atoms with Crippen molar-refractivity contribution in [1.82, 2.24) is 14.7 Å². The third kappa shape index (κ3) is 3.24. The Morgan fingerprint density at radius 2 is 1.89 bits per heavy atom. The highest BCUT2D eigenvalue weighted by molar-refractivity contribution is 7.71. The maximum Gasteiger partial charge on any atom is 0.288 e. The summed E-state index contributed by atoms with van der Waals surface area (Å²) in [6.45, 7) is 4.18. The molecule has 6 heteroatoms. The third-order valence-electron chi connectivity index (χ3n) is 4.01. The van der Waals surface area contributed by atoms with Crippen LogP contribution in [0.5, 0.6) is 0 Å². The fourth-order valence-electron chi connectivity index (χ4n) is 2.86. The Kier molecular flexibility index (Phi) is 4.30. The lowest BCUT2D eigenvalue weighted by Gasteiger charge is -2.25. The van der Waals surface area contributed by atoms with Crippen molar-refractivity contribution in [3.63, 3.8) is 0 Å². The van der Waals surface area contributed by atoms with Gasteiger partial charge in [0.05, 0.1) is 19.9 Å². The van der Waals surface area contributed by atoms with Crippen molar-refractivity contribution in [1.29, 1.82) is 0 Å². The highest BCUT2D eigenvalue weighted by Crippen LogP contribution is 2.31. The van der Waals surface area contributed by atoms with Crippen LogP contribution in [-0.2, 0) is 11.4 Å². The monoisotopic (exact) mass is 283 g/mol. The third-order valence-corrected chi connectivity index (χ3v) is 4.31. The maximum absolute atomic E-state index is 5.70. The number of rotatable bonds is 3. The van der Waals surface area contributed by atoms with Crippen molar-refractivity contribution >= 4 is 12.2 Å². The molecule has 1 aliphatic heterocycles. The van der Waals surface area contributed by atoms with Crippen LogP contribution in [0, 0.1) is 4.84 Å². The van der Waals surface area contributed by atoms with E-state index in [0.717, 1.165) is 38.9 Å². The van der Waals surface area contributed by atoms with Gasteiger partial charge in [0.25, 0.3) is 4.84 Å². The van der Waals surface area contributed by atoms with Gasteiger partial charge in [-0.1, -0.05) is 19.3 Å². The number of morpholine rings is 1. The first-order chi connectivity index (χ1) is 9.33. The Labute approximate surface area is 118 Å². The van der Waals surface area contributed by atoms with Gasteiger partial charge in [-0.3, -0.25) is 4.90 Å². The summed E-state index contributed by atoms with van der Waals surface area (Å²) in [5.74, 6) is 1.32. The molecule has 5 nitrogen and oxygen atoms in total. The molecule has 2 fully saturated rings. The zero-order valence-electron chi connectivity index (χ0n) is 11.2. The quantitative estimate of drug-likeness (QED) is 0.798. The van der Waals surface area contributed by atoms with E-state index in [1.807, 2.05) is 4.68 Å². The predicted octanol–water partition coefficient (Wildman–Crippen LogP) is 2.54. The molecule has 0 radical (unpaired) electrons. The van der Waals surface area contributed by atoms with Crippen molar-refractivity contribution < 1.29 is 9.15 Å². The van der Waals surface area contributed by atoms with E-state index in [9.17, 15) is 0 Å². The zero-order valence-corrected chi connectivity index (χ0v) is 12.0. The molecule has 2 aliphatic rings. The minimum Gasteiger partial charge on any atom is -0.414 e. The van der Waals surface area contributed by atoms with Crippen LogP contribution in [0.2, 0.25) is 0 Å². The summed E-state index contributed by atoms with van der Waals surface area (Å²) >= 11 is 5.29. The van der Waals surface area contributed by atoms with Crippen molar-refractivity contribution in [3.05, 3.63) is 10.7 Å². The molecule has 0 amide bonds. The molecule has 0 atom stereocenters. The topological polar surface area (TPSA) is 43.4 Å². The van der Waals surface area contributed by atoms with E-state index >= 15 is 0 Å². The highest BCUT2D eigenvalue weighted by Gasteiger charge is 2.22. The summed E-state index contributed by atoms with van der Waals surface area (Å²) in [6.07, 6.45) is 6.28. The minimum atomic E-state index is 0.474. The Morgan fingerprint density at radius 1 is 1.16 bits per heavy atom. The van der Waals surface area contributed by atoms with Crippen LogP contribution in [-0.4, -0.2) is 41.0 Å². The Morgan fingerprint density at radius 3 is 2.63 bits per heavy atom. The molecular weight excluding hydrogens is 262 g/mol. The van der Waals surface area contributed by atoms with E-state index < -0.39 is 0 Å². The zero-order chi connectivity index (χ0) is 13.1. The van der Waals surface area contributed by atoms with Crippen LogP contribution in [0.3, 0.4) is 0 Å². The van der Waals surface area contributed by atoms with Gasteiger partial charge in [-0.2, -0.15) is 0 Å². The van der Waals surface area contributed by atoms with Crippen molar-refractivity contribution in [3.8, 4) is 0 Å². The molecule has 0 spiro atoms. The Balaban J connectivity index is 1.68. The van der Waals surface area contributed by atoms with Crippen molar-refractivity contribution in [2.75, 3.05) is 26.3 Å². The molecule has 106 valence electrons. The van der Waals surface area contributed by atoms with E-state index in [1.165, 1.54) is 32.1 Å². The first-order valence-electron chi connectivity index (χ1n) is 7.21. The number of hydrogen-bond donors (Lipinski definition) is 0. The van der Waals surface area contributed by atoms with Gasteiger partial charge in [-0.05, 0) is 25.1 Å². The molecule has 0 aromatic carbocycles. The first-order valence-corrected chi connectivity index (χ1v) is 7.62. The van der Waals surface area contributed by atoms with Gasteiger partial charge in [-0.15, -0.1) is 5.10 Å². The van der Waals surface area contributed by atoms with Crippen LogP contribution in [0.15, 0.2) is 4.42 Å². The molecule has 0 N–H and O–H groups in total. The summed E-state index contributed by atoms with van der Waals surface area (Å²) in [6, 6.07) is 0. The Bertz CT molecular complexity index is 459. The molecular formula is C13H21N3O2S. The SMILES string of the molecule is S=c1oc(C2CCCCC2)nn1CN1CCOCC1. The summed E-state index contributed by atoms with van der Waals surface area (Å²) in [7, 11) is 0. The number of nitrogens with zero attached hydrogens (tertiary/aromatic N) is 3. The first kappa shape index (κ1) is 13.3. The van der Waals surface area contributed by atoms with Crippen LogP contribution < -0.4 is 0 Å². The summed E-state index contributed by atoms with van der Waals surface area (Å²) < 4.78 is 12.9. The molecule has 3 rings (SSSR count). The summed E-state index contributed by atoms with van der Waals surface area (Å²) in [4.78, 5) is 2.80. The second-order valence-corrected chi connectivity index (χ2v) is 5.76. The predicted molar refractivity (Wildman–Crippen MR) is 73.5 cm³/mol. The van der Waals surface area contributed by atoms with Crippen LogP contribution in [0.1, 0.15) is 43.9 Å².